The van der Waals surface area contributed by atoms with Crippen LogP contribution in [0.4, 0.5) is 0 Å². The molecule has 0 amide bonds. The molecule has 0 unspecified atom stereocenters. The number of ether oxygens (including phenoxy) is 1. The molecule has 0 aliphatic carbocycles. The maximum Gasteiger partial charge on any atom is 0.120 e. The molecule has 0 aromatic heterocycles. The van der Waals surface area contributed by atoms with Gasteiger partial charge in [0.2, 0.25) is 0 Å². The summed E-state index contributed by atoms with van der Waals surface area (Å²) in [6.07, 6.45) is 0.840. The fourth-order valence-electron chi connectivity index (χ4n) is 1.24. The van der Waals surface area contributed by atoms with Crippen LogP contribution < -0.4 is 4.74 Å². The topological polar surface area (TPSA) is 29.5 Å². The number of rotatable bonds is 4. The number of hydrogen-bond acceptors (Lipinski definition) is 2. The van der Waals surface area contributed by atoms with E-state index in [1.54, 1.807) is 0 Å². The minimum atomic E-state index is -0.616. The quantitative estimate of drug-likeness (QED) is 0.853. The zero-order valence-corrected chi connectivity index (χ0v) is 10.5. The molecule has 0 bridgehead atoms. The highest BCUT2D eigenvalue weighted by Crippen LogP contribution is 2.26. The van der Waals surface area contributed by atoms with E-state index >= 15 is 0 Å². The summed E-state index contributed by atoms with van der Waals surface area (Å²) in [5, 5.41) is 9.26. The van der Waals surface area contributed by atoms with Crippen molar-refractivity contribution < 1.29 is 9.84 Å². The van der Waals surface area contributed by atoms with E-state index < -0.39 is 6.10 Å². The van der Waals surface area contributed by atoms with Gasteiger partial charge in [0.1, 0.15) is 18.5 Å². The van der Waals surface area contributed by atoms with E-state index in [0.717, 1.165) is 21.3 Å². The molecule has 1 aromatic carbocycles. The van der Waals surface area contributed by atoms with Crippen LogP contribution in [0.2, 0.25) is 0 Å². The van der Waals surface area contributed by atoms with Crippen LogP contribution in [0.1, 0.15) is 11.1 Å². The molecule has 1 rings (SSSR count). The normalized spacial score (nSPS) is 12.3. The standard InChI is InChI=1S/C12H15BrO2/c1-4-10(14)7-15-11-5-8(2)12(13)9(3)6-11/h4-6,10,14H,1,7H2,2-3H3/t10-/m1/s1. The van der Waals surface area contributed by atoms with Gasteiger partial charge in [-0.25, -0.2) is 0 Å². The second kappa shape index (κ2) is 5.33. The number of halogens is 1. The highest BCUT2D eigenvalue weighted by Gasteiger charge is 2.04. The van der Waals surface area contributed by atoms with Gasteiger partial charge in [-0.2, -0.15) is 0 Å². The Labute approximate surface area is 98.7 Å². The van der Waals surface area contributed by atoms with Gasteiger partial charge in [0.25, 0.3) is 0 Å². The molecule has 0 heterocycles. The molecule has 82 valence electrons. The summed E-state index contributed by atoms with van der Waals surface area (Å²) in [6, 6.07) is 3.87. The second-order valence-corrected chi connectivity index (χ2v) is 4.28. The largest absolute Gasteiger partial charge is 0.491 e. The van der Waals surface area contributed by atoms with Crippen molar-refractivity contribution in [3.8, 4) is 5.75 Å². The average molecular weight is 271 g/mol. The molecule has 0 spiro atoms. The number of aliphatic hydroxyl groups is 1. The van der Waals surface area contributed by atoms with Gasteiger partial charge in [-0.1, -0.05) is 22.0 Å². The molecule has 3 heteroatoms. The van der Waals surface area contributed by atoms with Crippen LogP contribution in [0.5, 0.6) is 5.75 Å². The summed E-state index contributed by atoms with van der Waals surface area (Å²) in [7, 11) is 0. The van der Waals surface area contributed by atoms with Gasteiger partial charge in [0.15, 0.2) is 0 Å². The first-order chi connectivity index (χ1) is 7.04. The van der Waals surface area contributed by atoms with Crippen LogP contribution in [-0.2, 0) is 0 Å². The molecule has 0 aliphatic heterocycles. The molecule has 2 nitrogen and oxygen atoms in total. The monoisotopic (exact) mass is 270 g/mol. The summed E-state index contributed by atoms with van der Waals surface area (Å²) in [4.78, 5) is 0. The Morgan fingerprint density at radius 1 is 1.47 bits per heavy atom. The average Bonchev–Trinajstić information content (AvgIpc) is 2.22. The fourth-order valence-corrected chi connectivity index (χ4v) is 1.47. The minimum Gasteiger partial charge on any atom is -0.491 e. The number of aliphatic hydroxyl groups excluding tert-OH is 1. The molecule has 1 aromatic rings. The van der Waals surface area contributed by atoms with Gasteiger partial charge < -0.3 is 9.84 Å². The first kappa shape index (κ1) is 12.3. The van der Waals surface area contributed by atoms with Crippen LogP contribution >= 0.6 is 15.9 Å². The Kier molecular flexibility index (Phi) is 4.36. The van der Waals surface area contributed by atoms with Crippen LogP contribution in [0.15, 0.2) is 29.3 Å². The fraction of sp³-hybridized carbons (Fsp3) is 0.333. The van der Waals surface area contributed by atoms with Gasteiger partial charge >= 0.3 is 0 Å². The number of benzene rings is 1. The molecule has 0 fully saturated rings. The first-order valence-electron chi connectivity index (χ1n) is 4.74. The summed E-state index contributed by atoms with van der Waals surface area (Å²) in [6.45, 7) is 7.74. The molecular weight excluding hydrogens is 256 g/mol. The lowest BCUT2D eigenvalue weighted by Crippen LogP contribution is -2.14. The highest BCUT2D eigenvalue weighted by molar-refractivity contribution is 9.10. The molecular formula is C12H15BrO2. The van der Waals surface area contributed by atoms with Crippen molar-refractivity contribution in [2.75, 3.05) is 6.61 Å². The molecule has 0 saturated heterocycles. The van der Waals surface area contributed by atoms with E-state index in [9.17, 15) is 5.11 Å². The van der Waals surface area contributed by atoms with Gasteiger partial charge in [-0.05, 0) is 37.1 Å². The van der Waals surface area contributed by atoms with E-state index in [-0.39, 0.29) is 6.61 Å². The van der Waals surface area contributed by atoms with Crippen LogP contribution in [0.25, 0.3) is 0 Å². The predicted molar refractivity (Wildman–Crippen MR) is 65.3 cm³/mol. The number of hydrogen-bond donors (Lipinski definition) is 1. The van der Waals surface area contributed by atoms with E-state index in [2.05, 4.69) is 22.5 Å². The third-order valence-corrected chi connectivity index (χ3v) is 3.35. The van der Waals surface area contributed by atoms with Crippen LogP contribution in [-0.4, -0.2) is 17.8 Å². The van der Waals surface area contributed by atoms with E-state index in [1.165, 1.54) is 6.08 Å². The minimum absolute atomic E-state index is 0.240. The third kappa shape index (κ3) is 3.36. The Hall–Kier alpha value is -0.800. The van der Waals surface area contributed by atoms with Crippen molar-refractivity contribution in [2.45, 2.75) is 20.0 Å². The third-order valence-electron chi connectivity index (χ3n) is 2.10. The Morgan fingerprint density at radius 2 is 2.00 bits per heavy atom. The summed E-state index contributed by atoms with van der Waals surface area (Å²) in [5.41, 5.74) is 2.25. The molecule has 0 saturated carbocycles. The van der Waals surface area contributed by atoms with E-state index in [4.69, 9.17) is 4.74 Å². The highest BCUT2D eigenvalue weighted by atomic mass is 79.9. The molecule has 1 N–H and O–H groups in total. The summed E-state index contributed by atoms with van der Waals surface area (Å²) >= 11 is 3.49. The van der Waals surface area contributed by atoms with E-state index in [1.807, 2.05) is 26.0 Å². The molecule has 15 heavy (non-hydrogen) atoms. The van der Waals surface area contributed by atoms with Crippen LogP contribution in [0.3, 0.4) is 0 Å². The van der Waals surface area contributed by atoms with Gasteiger partial charge in [-0.15, -0.1) is 6.58 Å². The second-order valence-electron chi connectivity index (χ2n) is 3.49. The first-order valence-corrected chi connectivity index (χ1v) is 5.54. The Bertz CT molecular complexity index is 338. The lowest BCUT2D eigenvalue weighted by Gasteiger charge is -2.11. The zero-order valence-electron chi connectivity index (χ0n) is 8.96. The number of aryl methyl sites for hydroxylation is 2. The van der Waals surface area contributed by atoms with Gasteiger partial charge in [0, 0.05) is 4.47 Å². The lowest BCUT2D eigenvalue weighted by molar-refractivity contribution is 0.144. The Balaban J connectivity index is 2.74. The smallest absolute Gasteiger partial charge is 0.120 e. The molecule has 1 atom stereocenters. The van der Waals surface area contributed by atoms with Crippen LogP contribution in [0, 0.1) is 13.8 Å². The van der Waals surface area contributed by atoms with Crippen molar-refractivity contribution in [2.24, 2.45) is 0 Å². The van der Waals surface area contributed by atoms with E-state index in [0.29, 0.717) is 0 Å². The zero-order chi connectivity index (χ0) is 11.4. The van der Waals surface area contributed by atoms with Crippen molar-refractivity contribution >= 4 is 15.9 Å². The maximum atomic E-state index is 9.26. The van der Waals surface area contributed by atoms with Gasteiger partial charge in [-0.3, -0.25) is 0 Å². The van der Waals surface area contributed by atoms with Crippen molar-refractivity contribution in [3.05, 3.63) is 40.4 Å². The lowest BCUT2D eigenvalue weighted by atomic mass is 10.1. The predicted octanol–water partition coefficient (Wildman–Crippen LogP) is 2.99. The van der Waals surface area contributed by atoms with Crippen molar-refractivity contribution in [3.63, 3.8) is 0 Å². The Morgan fingerprint density at radius 3 is 2.47 bits per heavy atom. The van der Waals surface area contributed by atoms with Gasteiger partial charge in [0.05, 0.1) is 0 Å². The molecule has 0 aliphatic rings. The SMILES string of the molecule is C=C[C@@H](O)COc1cc(C)c(Br)c(C)c1. The summed E-state index contributed by atoms with van der Waals surface area (Å²) in [5.74, 6) is 0.772. The molecule has 0 radical (unpaired) electrons. The maximum absolute atomic E-state index is 9.26. The van der Waals surface area contributed by atoms with Crippen molar-refractivity contribution in [1.82, 2.24) is 0 Å². The summed E-state index contributed by atoms with van der Waals surface area (Å²) < 4.78 is 6.53. The van der Waals surface area contributed by atoms with Crippen molar-refractivity contribution in [1.29, 1.82) is 0 Å².